The Morgan fingerprint density at radius 2 is 2.00 bits per heavy atom. The third-order valence-electron chi connectivity index (χ3n) is 2.75. The molecule has 14 heavy (non-hydrogen) atoms. The molecule has 0 atom stereocenters. The van der Waals surface area contributed by atoms with Gasteiger partial charge >= 0.3 is 0 Å². The molecule has 0 saturated heterocycles. The quantitative estimate of drug-likeness (QED) is 0.556. The van der Waals surface area contributed by atoms with Gasteiger partial charge in [0.1, 0.15) is 6.29 Å². The first-order valence-electron chi connectivity index (χ1n) is 5.00. The molecule has 0 aromatic heterocycles. The summed E-state index contributed by atoms with van der Waals surface area (Å²) in [7, 11) is 0. The molecule has 1 aliphatic carbocycles. The van der Waals surface area contributed by atoms with Crippen molar-refractivity contribution in [3.63, 3.8) is 0 Å². The fraction of sp³-hybridized carbons (Fsp3) is 0.417. The van der Waals surface area contributed by atoms with Crippen molar-refractivity contribution in [2.24, 2.45) is 0 Å². The summed E-state index contributed by atoms with van der Waals surface area (Å²) in [5.74, 6) is 1.10. The van der Waals surface area contributed by atoms with Crippen LogP contribution >= 0.6 is 11.8 Å². The van der Waals surface area contributed by atoms with Crippen LogP contribution in [-0.2, 0) is 10.2 Å². The molecule has 1 aliphatic rings. The van der Waals surface area contributed by atoms with Crippen LogP contribution in [0, 0.1) is 0 Å². The van der Waals surface area contributed by atoms with Gasteiger partial charge in [-0.2, -0.15) is 0 Å². The normalized spacial score (nSPS) is 17.8. The Labute approximate surface area is 88.9 Å². The van der Waals surface area contributed by atoms with Gasteiger partial charge in [-0.25, -0.2) is 0 Å². The second-order valence-electron chi connectivity index (χ2n) is 3.73. The van der Waals surface area contributed by atoms with Gasteiger partial charge in [0.2, 0.25) is 0 Å². The highest BCUT2D eigenvalue weighted by atomic mass is 32.2. The topological polar surface area (TPSA) is 17.1 Å². The van der Waals surface area contributed by atoms with E-state index in [9.17, 15) is 4.79 Å². The Kier molecular flexibility index (Phi) is 2.64. The van der Waals surface area contributed by atoms with Crippen LogP contribution in [0.4, 0.5) is 0 Å². The van der Waals surface area contributed by atoms with E-state index in [0.29, 0.717) is 0 Å². The van der Waals surface area contributed by atoms with Gasteiger partial charge in [-0.3, -0.25) is 0 Å². The molecule has 74 valence electrons. The zero-order valence-corrected chi connectivity index (χ0v) is 9.14. The lowest BCUT2D eigenvalue weighted by Gasteiger charge is -2.07. The van der Waals surface area contributed by atoms with Crippen molar-refractivity contribution in [2.75, 3.05) is 5.75 Å². The second-order valence-corrected chi connectivity index (χ2v) is 5.07. The summed E-state index contributed by atoms with van der Waals surface area (Å²) in [6.07, 6.45) is 3.16. The van der Waals surface area contributed by atoms with Crippen molar-refractivity contribution in [3.8, 4) is 0 Å². The molecule has 0 aliphatic heterocycles. The second kappa shape index (κ2) is 3.77. The van der Waals surface area contributed by atoms with E-state index >= 15 is 0 Å². The summed E-state index contributed by atoms with van der Waals surface area (Å²) in [4.78, 5) is 12.2. The van der Waals surface area contributed by atoms with Crippen molar-refractivity contribution in [1.82, 2.24) is 0 Å². The zero-order valence-electron chi connectivity index (χ0n) is 8.32. The molecule has 1 saturated carbocycles. The van der Waals surface area contributed by atoms with Crippen LogP contribution in [0.1, 0.15) is 25.3 Å². The van der Waals surface area contributed by atoms with Crippen molar-refractivity contribution in [1.29, 1.82) is 0 Å². The minimum atomic E-state index is -0.116. The number of aldehydes is 1. The molecule has 0 heterocycles. The molecule has 2 heteroatoms. The first-order chi connectivity index (χ1) is 6.80. The molecule has 0 unspecified atom stereocenters. The SMILES string of the molecule is CCSc1ccc(C2(C=O)CC2)cc1. The highest BCUT2D eigenvalue weighted by Crippen LogP contribution is 2.46. The van der Waals surface area contributed by atoms with Gasteiger partial charge in [0.15, 0.2) is 0 Å². The molecule has 1 aromatic rings. The number of carbonyl (C=O) groups excluding carboxylic acids is 1. The highest BCUT2D eigenvalue weighted by Gasteiger charge is 2.43. The summed E-state index contributed by atoms with van der Waals surface area (Å²) < 4.78 is 0. The van der Waals surface area contributed by atoms with Crippen LogP contribution in [0.25, 0.3) is 0 Å². The summed E-state index contributed by atoms with van der Waals surface area (Å²) in [5, 5.41) is 0. The van der Waals surface area contributed by atoms with Gasteiger partial charge < -0.3 is 4.79 Å². The van der Waals surface area contributed by atoms with E-state index < -0.39 is 0 Å². The lowest BCUT2D eigenvalue weighted by atomic mass is 9.98. The van der Waals surface area contributed by atoms with Gasteiger partial charge in [-0.05, 0) is 36.3 Å². The molecular formula is C12H14OS. The van der Waals surface area contributed by atoms with E-state index in [1.54, 1.807) is 0 Å². The maximum atomic E-state index is 10.9. The van der Waals surface area contributed by atoms with E-state index in [-0.39, 0.29) is 5.41 Å². The van der Waals surface area contributed by atoms with Gasteiger partial charge in [0.05, 0.1) is 5.41 Å². The van der Waals surface area contributed by atoms with Crippen LogP contribution in [0.15, 0.2) is 29.2 Å². The summed E-state index contributed by atoms with van der Waals surface area (Å²) in [5.41, 5.74) is 1.07. The molecular weight excluding hydrogens is 192 g/mol. The Bertz CT molecular complexity index is 325. The van der Waals surface area contributed by atoms with Crippen LogP contribution in [0.3, 0.4) is 0 Å². The number of benzene rings is 1. The lowest BCUT2D eigenvalue weighted by molar-refractivity contribution is -0.109. The Morgan fingerprint density at radius 3 is 2.43 bits per heavy atom. The number of rotatable bonds is 4. The predicted octanol–water partition coefficient (Wildman–Crippen LogP) is 3.03. The van der Waals surface area contributed by atoms with E-state index in [0.717, 1.165) is 24.9 Å². The molecule has 1 aromatic carbocycles. The molecule has 1 nitrogen and oxygen atoms in total. The molecule has 0 radical (unpaired) electrons. The smallest absolute Gasteiger partial charge is 0.130 e. The summed E-state index contributed by atoms with van der Waals surface area (Å²) >= 11 is 1.83. The third-order valence-corrected chi connectivity index (χ3v) is 3.65. The zero-order chi connectivity index (χ0) is 10.0. The minimum absolute atomic E-state index is 0.116. The monoisotopic (exact) mass is 206 g/mol. The van der Waals surface area contributed by atoms with Crippen molar-refractivity contribution < 1.29 is 4.79 Å². The van der Waals surface area contributed by atoms with Crippen LogP contribution in [0.5, 0.6) is 0 Å². The van der Waals surface area contributed by atoms with Gasteiger partial charge in [0, 0.05) is 4.90 Å². The van der Waals surface area contributed by atoms with E-state index in [2.05, 4.69) is 31.2 Å². The van der Waals surface area contributed by atoms with Crippen molar-refractivity contribution in [2.45, 2.75) is 30.1 Å². The molecule has 2 rings (SSSR count). The van der Waals surface area contributed by atoms with Crippen LogP contribution in [0.2, 0.25) is 0 Å². The maximum Gasteiger partial charge on any atom is 0.130 e. The highest BCUT2D eigenvalue weighted by molar-refractivity contribution is 7.99. The van der Waals surface area contributed by atoms with Crippen molar-refractivity contribution >= 4 is 18.0 Å². The summed E-state index contributed by atoms with van der Waals surface area (Å²) in [6, 6.07) is 8.43. The summed E-state index contributed by atoms with van der Waals surface area (Å²) in [6.45, 7) is 2.15. The standard InChI is InChI=1S/C12H14OS/c1-2-14-11-5-3-10(4-6-11)12(9-13)7-8-12/h3-6,9H,2,7-8H2,1H3. The maximum absolute atomic E-state index is 10.9. The van der Waals surface area contributed by atoms with Gasteiger partial charge in [-0.15, -0.1) is 11.8 Å². The average Bonchev–Trinajstić information content (AvgIpc) is 3.00. The number of hydrogen-bond donors (Lipinski definition) is 0. The first kappa shape index (κ1) is 9.78. The minimum Gasteiger partial charge on any atom is -0.302 e. The number of thioether (sulfide) groups is 1. The Morgan fingerprint density at radius 1 is 1.36 bits per heavy atom. The van der Waals surface area contributed by atoms with Crippen LogP contribution < -0.4 is 0 Å². The van der Waals surface area contributed by atoms with E-state index in [4.69, 9.17) is 0 Å². The van der Waals surface area contributed by atoms with Gasteiger partial charge in [-0.1, -0.05) is 19.1 Å². The Balaban J connectivity index is 2.18. The third kappa shape index (κ3) is 1.71. The number of hydrogen-bond acceptors (Lipinski definition) is 2. The van der Waals surface area contributed by atoms with E-state index in [1.807, 2.05) is 11.8 Å². The molecule has 0 amide bonds. The van der Waals surface area contributed by atoms with Crippen LogP contribution in [-0.4, -0.2) is 12.0 Å². The number of carbonyl (C=O) groups is 1. The van der Waals surface area contributed by atoms with Crippen molar-refractivity contribution in [3.05, 3.63) is 29.8 Å². The molecule has 0 N–H and O–H groups in total. The average molecular weight is 206 g/mol. The largest absolute Gasteiger partial charge is 0.302 e. The first-order valence-corrected chi connectivity index (χ1v) is 5.99. The molecule has 0 spiro atoms. The lowest BCUT2D eigenvalue weighted by Crippen LogP contribution is -2.06. The molecule has 0 bridgehead atoms. The fourth-order valence-corrected chi connectivity index (χ4v) is 2.32. The predicted molar refractivity (Wildman–Crippen MR) is 59.8 cm³/mol. The fourth-order valence-electron chi connectivity index (χ4n) is 1.66. The molecule has 1 fully saturated rings. The van der Waals surface area contributed by atoms with E-state index in [1.165, 1.54) is 10.5 Å². The van der Waals surface area contributed by atoms with Gasteiger partial charge in [0.25, 0.3) is 0 Å². The Hall–Kier alpha value is -0.760.